The molecule has 0 saturated heterocycles. The van der Waals surface area contributed by atoms with Crippen molar-refractivity contribution < 1.29 is 9.13 Å². The van der Waals surface area contributed by atoms with Crippen LogP contribution in [0.1, 0.15) is 29.7 Å². The van der Waals surface area contributed by atoms with Gasteiger partial charge in [-0.05, 0) is 25.1 Å². The van der Waals surface area contributed by atoms with E-state index in [0.29, 0.717) is 12.1 Å². The highest BCUT2D eigenvalue weighted by Gasteiger charge is 2.13. The summed E-state index contributed by atoms with van der Waals surface area (Å²) < 4.78 is 19.6. The summed E-state index contributed by atoms with van der Waals surface area (Å²) in [5.41, 5.74) is 2.91. The highest BCUT2D eigenvalue weighted by molar-refractivity contribution is 5.24. The van der Waals surface area contributed by atoms with E-state index in [9.17, 15) is 4.39 Å². The first kappa shape index (κ1) is 15.7. The van der Waals surface area contributed by atoms with Crippen molar-refractivity contribution in [3.05, 3.63) is 71.0 Å². The van der Waals surface area contributed by atoms with E-state index in [1.165, 1.54) is 11.6 Å². The maximum Gasteiger partial charge on any atom is 0.128 e. The van der Waals surface area contributed by atoms with Crippen molar-refractivity contribution in [3.63, 3.8) is 0 Å². The summed E-state index contributed by atoms with van der Waals surface area (Å²) in [5.74, 6) is -0.219. The molecule has 0 spiro atoms. The normalized spacial score (nSPS) is 12.3. The molecule has 21 heavy (non-hydrogen) atoms. The van der Waals surface area contributed by atoms with Crippen LogP contribution >= 0.6 is 0 Å². The van der Waals surface area contributed by atoms with Crippen molar-refractivity contribution in [1.82, 2.24) is 5.32 Å². The maximum absolute atomic E-state index is 13.7. The standard InChI is InChI=1S/C18H22FNO/c1-3-20-12-18(15-9-6-7-14(2)11-15)21-13-16-8-4-5-10-17(16)19/h4-11,18,20H,3,12-13H2,1-2H3. The molecule has 2 rings (SSSR count). The van der Waals surface area contributed by atoms with Crippen molar-refractivity contribution in [2.75, 3.05) is 13.1 Å². The highest BCUT2D eigenvalue weighted by Crippen LogP contribution is 2.20. The van der Waals surface area contributed by atoms with E-state index < -0.39 is 0 Å². The number of benzene rings is 2. The third-order valence-corrected chi connectivity index (χ3v) is 3.39. The lowest BCUT2D eigenvalue weighted by Crippen LogP contribution is -2.23. The minimum absolute atomic E-state index is 0.0792. The van der Waals surface area contributed by atoms with Crippen LogP contribution in [0.5, 0.6) is 0 Å². The van der Waals surface area contributed by atoms with Crippen LogP contribution in [0.3, 0.4) is 0 Å². The minimum atomic E-state index is -0.219. The number of likely N-dealkylation sites (N-methyl/N-ethyl adjacent to an activating group) is 1. The molecule has 1 N–H and O–H groups in total. The van der Waals surface area contributed by atoms with Crippen LogP contribution in [0.15, 0.2) is 48.5 Å². The lowest BCUT2D eigenvalue weighted by atomic mass is 10.1. The fourth-order valence-corrected chi connectivity index (χ4v) is 2.22. The van der Waals surface area contributed by atoms with Crippen LogP contribution < -0.4 is 5.32 Å². The molecule has 0 saturated carbocycles. The van der Waals surface area contributed by atoms with E-state index in [1.54, 1.807) is 12.1 Å². The van der Waals surface area contributed by atoms with Crippen molar-refractivity contribution in [2.45, 2.75) is 26.6 Å². The SMILES string of the molecule is CCNCC(OCc1ccccc1F)c1cccc(C)c1. The van der Waals surface area contributed by atoms with Gasteiger partial charge in [0, 0.05) is 12.1 Å². The Labute approximate surface area is 126 Å². The molecule has 0 radical (unpaired) electrons. The van der Waals surface area contributed by atoms with Crippen molar-refractivity contribution in [3.8, 4) is 0 Å². The molecule has 2 nitrogen and oxygen atoms in total. The van der Waals surface area contributed by atoms with Gasteiger partial charge in [-0.1, -0.05) is 55.0 Å². The predicted molar refractivity (Wildman–Crippen MR) is 83.7 cm³/mol. The largest absolute Gasteiger partial charge is 0.367 e. The van der Waals surface area contributed by atoms with Gasteiger partial charge in [-0.2, -0.15) is 0 Å². The van der Waals surface area contributed by atoms with Gasteiger partial charge >= 0.3 is 0 Å². The molecule has 1 unspecified atom stereocenters. The zero-order valence-electron chi connectivity index (χ0n) is 12.6. The molecule has 0 aliphatic rings. The van der Waals surface area contributed by atoms with Gasteiger partial charge in [-0.25, -0.2) is 4.39 Å². The summed E-state index contributed by atoms with van der Waals surface area (Å²) in [6.07, 6.45) is -0.0792. The molecule has 0 amide bonds. The topological polar surface area (TPSA) is 21.3 Å². The number of hydrogen-bond donors (Lipinski definition) is 1. The number of halogens is 1. The Kier molecular flexibility index (Phi) is 5.90. The molecule has 2 aromatic rings. The molecule has 2 aromatic carbocycles. The number of rotatable bonds is 7. The molecule has 0 aliphatic heterocycles. The van der Waals surface area contributed by atoms with Gasteiger partial charge in [-0.15, -0.1) is 0 Å². The van der Waals surface area contributed by atoms with E-state index in [-0.39, 0.29) is 18.5 Å². The fourth-order valence-electron chi connectivity index (χ4n) is 2.22. The average Bonchev–Trinajstić information content (AvgIpc) is 2.49. The number of nitrogens with one attached hydrogen (secondary N) is 1. The van der Waals surface area contributed by atoms with E-state index in [4.69, 9.17) is 4.74 Å². The lowest BCUT2D eigenvalue weighted by molar-refractivity contribution is 0.0386. The molecule has 0 aromatic heterocycles. The molecular weight excluding hydrogens is 265 g/mol. The van der Waals surface area contributed by atoms with Gasteiger partial charge in [-0.3, -0.25) is 0 Å². The lowest BCUT2D eigenvalue weighted by Gasteiger charge is -2.19. The molecule has 0 heterocycles. The zero-order valence-corrected chi connectivity index (χ0v) is 12.6. The smallest absolute Gasteiger partial charge is 0.128 e. The number of hydrogen-bond acceptors (Lipinski definition) is 2. The fraction of sp³-hybridized carbons (Fsp3) is 0.333. The second kappa shape index (κ2) is 7.91. The summed E-state index contributed by atoms with van der Waals surface area (Å²) >= 11 is 0. The molecule has 0 fully saturated rings. The Hall–Kier alpha value is -1.71. The van der Waals surface area contributed by atoms with Crippen LogP contribution in [0.4, 0.5) is 4.39 Å². The quantitative estimate of drug-likeness (QED) is 0.831. The predicted octanol–water partition coefficient (Wildman–Crippen LogP) is 4.00. The maximum atomic E-state index is 13.7. The van der Waals surface area contributed by atoms with Gasteiger partial charge in [0.1, 0.15) is 5.82 Å². The van der Waals surface area contributed by atoms with E-state index >= 15 is 0 Å². The summed E-state index contributed by atoms with van der Waals surface area (Å²) in [6, 6.07) is 15.0. The van der Waals surface area contributed by atoms with Crippen LogP contribution in [0, 0.1) is 12.7 Å². The molecule has 3 heteroatoms. The molecule has 1 atom stereocenters. The molecular formula is C18H22FNO. The summed E-state index contributed by atoms with van der Waals surface area (Å²) in [5, 5.41) is 3.30. The highest BCUT2D eigenvalue weighted by atomic mass is 19.1. The Morgan fingerprint density at radius 3 is 2.67 bits per heavy atom. The van der Waals surface area contributed by atoms with E-state index in [0.717, 1.165) is 12.1 Å². The zero-order chi connectivity index (χ0) is 15.1. The van der Waals surface area contributed by atoms with Crippen molar-refractivity contribution in [1.29, 1.82) is 0 Å². The summed E-state index contributed by atoms with van der Waals surface area (Å²) in [4.78, 5) is 0. The van der Waals surface area contributed by atoms with E-state index in [2.05, 4.69) is 37.4 Å². The Bertz CT molecular complexity index is 571. The number of ether oxygens (including phenoxy) is 1. The van der Waals surface area contributed by atoms with Gasteiger partial charge < -0.3 is 10.1 Å². The first-order chi connectivity index (χ1) is 10.2. The first-order valence-corrected chi connectivity index (χ1v) is 7.33. The van der Waals surface area contributed by atoms with E-state index in [1.807, 2.05) is 12.1 Å². The van der Waals surface area contributed by atoms with Crippen molar-refractivity contribution >= 4 is 0 Å². The van der Waals surface area contributed by atoms with Crippen LogP contribution in [-0.2, 0) is 11.3 Å². The minimum Gasteiger partial charge on any atom is -0.367 e. The van der Waals surface area contributed by atoms with Gasteiger partial charge in [0.05, 0.1) is 12.7 Å². The molecule has 0 bridgehead atoms. The average molecular weight is 287 g/mol. The second-order valence-corrected chi connectivity index (χ2v) is 5.11. The van der Waals surface area contributed by atoms with Gasteiger partial charge in [0.15, 0.2) is 0 Å². The third-order valence-electron chi connectivity index (χ3n) is 3.39. The molecule has 112 valence electrons. The van der Waals surface area contributed by atoms with Crippen LogP contribution in [0.2, 0.25) is 0 Å². The monoisotopic (exact) mass is 287 g/mol. The summed E-state index contributed by atoms with van der Waals surface area (Å²) in [6.45, 7) is 5.99. The Morgan fingerprint density at radius 1 is 1.14 bits per heavy atom. The Balaban J connectivity index is 2.08. The van der Waals surface area contributed by atoms with Crippen LogP contribution in [-0.4, -0.2) is 13.1 Å². The van der Waals surface area contributed by atoms with Gasteiger partial charge in [0.2, 0.25) is 0 Å². The van der Waals surface area contributed by atoms with Crippen LogP contribution in [0.25, 0.3) is 0 Å². The second-order valence-electron chi connectivity index (χ2n) is 5.11. The van der Waals surface area contributed by atoms with Gasteiger partial charge in [0.25, 0.3) is 0 Å². The van der Waals surface area contributed by atoms with Crippen molar-refractivity contribution in [2.24, 2.45) is 0 Å². The number of aryl methyl sites for hydroxylation is 1. The molecule has 0 aliphatic carbocycles. The Morgan fingerprint density at radius 2 is 1.95 bits per heavy atom. The third kappa shape index (κ3) is 4.66. The summed E-state index contributed by atoms with van der Waals surface area (Å²) in [7, 11) is 0. The first-order valence-electron chi connectivity index (χ1n) is 7.33.